The Morgan fingerprint density at radius 2 is 1.92 bits per heavy atom. The molecule has 1 aliphatic rings. The predicted octanol–water partition coefficient (Wildman–Crippen LogP) is 5.60. The summed E-state index contributed by atoms with van der Waals surface area (Å²) in [5.74, 6) is 0.454. The van der Waals surface area contributed by atoms with Gasteiger partial charge in [-0.25, -0.2) is 4.98 Å². The molecule has 206 valence electrons. The molecule has 6 N–H and O–H groups in total. The summed E-state index contributed by atoms with van der Waals surface area (Å²) in [6, 6.07) is 0. The normalized spacial score (nSPS) is 13.7. The maximum atomic E-state index is 10.3. The van der Waals surface area contributed by atoms with Gasteiger partial charge in [-0.1, -0.05) is 62.1 Å². The van der Waals surface area contributed by atoms with Crippen LogP contribution in [0.3, 0.4) is 0 Å². The summed E-state index contributed by atoms with van der Waals surface area (Å²) in [5.41, 5.74) is 7.49. The molecule has 0 saturated carbocycles. The zero-order chi connectivity index (χ0) is 28.5. The number of nitrogens with zero attached hydrogens (tertiary/aromatic N) is 2. The third kappa shape index (κ3) is 15.3. The molecule has 2 rings (SSSR count). The van der Waals surface area contributed by atoms with Crippen LogP contribution >= 0.6 is 11.3 Å². The zero-order valence-electron chi connectivity index (χ0n) is 22.9. The lowest BCUT2D eigenvalue weighted by Gasteiger charge is -2.30. The first-order valence-corrected chi connectivity index (χ1v) is 13.1. The summed E-state index contributed by atoms with van der Waals surface area (Å²) >= 11 is 1.64. The minimum absolute atomic E-state index is 0.454. The second-order valence-corrected chi connectivity index (χ2v) is 8.24. The molecule has 37 heavy (non-hydrogen) atoms. The van der Waals surface area contributed by atoms with Gasteiger partial charge in [-0.3, -0.25) is 5.41 Å². The van der Waals surface area contributed by atoms with Crippen molar-refractivity contribution in [2.75, 3.05) is 38.5 Å². The number of aliphatic hydroxyl groups excluding tert-OH is 1. The number of allylic oxidation sites excluding steroid dienone is 8. The van der Waals surface area contributed by atoms with Crippen LogP contribution in [0.2, 0.25) is 0 Å². The van der Waals surface area contributed by atoms with E-state index >= 15 is 0 Å². The molecule has 1 aromatic heterocycles. The van der Waals surface area contributed by atoms with Gasteiger partial charge in [-0.05, 0) is 25.0 Å². The van der Waals surface area contributed by atoms with Crippen molar-refractivity contribution in [1.29, 1.82) is 5.41 Å². The van der Waals surface area contributed by atoms with Crippen molar-refractivity contribution < 1.29 is 9.90 Å². The fourth-order valence-electron chi connectivity index (χ4n) is 3.11. The summed E-state index contributed by atoms with van der Waals surface area (Å²) in [7, 11) is 1.87. The summed E-state index contributed by atoms with van der Waals surface area (Å²) in [4.78, 5) is 18.1. The lowest BCUT2D eigenvalue weighted by atomic mass is 10.1. The Balaban J connectivity index is 0. The molecule has 0 aromatic carbocycles. The van der Waals surface area contributed by atoms with Gasteiger partial charge >= 0.3 is 0 Å². The molecule has 2 heterocycles. The van der Waals surface area contributed by atoms with Crippen molar-refractivity contribution in [3.05, 3.63) is 78.2 Å². The molecule has 0 radical (unpaired) electrons. The van der Waals surface area contributed by atoms with Gasteiger partial charge in [0.1, 0.15) is 12.0 Å². The van der Waals surface area contributed by atoms with Crippen molar-refractivity contribution in [3.8, 4) is 0 Å². The van der Waals surface area contributed by atoms with E-state index in [1.807, 2.05) is 45.2 Å². The molecule has 1 saturated heterocycles. The van der Waals surface area contributed by atoms with Crippen LogP contribution in [0.5, 0.6) is 0 Å². The van der Waals surface area contributed by atoms with Gasteiger partial charge in [-0.2, -0.15) is 0 Å². The molecule has 1 aromatic rings. The first kappa shape index (κ1) is 35.7. The van der Waals surface area contributed by atoms with E-state index in [1.165, 1.54) is 4.88 Å². The van der Waals surface area contributed by atoms with Crippen LogP contribution in [0.15, 0.2) is 67.6 Å². The minimum Gasteiger partial charge on any atom is -0.510 e. The van der Waals surface area contributed by atoms with Crippen LogP contribution in [0.4, 0.5) is 5.13 Å². The standard InChI is InChI=1S/C13H18N2OS.C12H20N2O.C2H4.CH4N2/c1-4-7-11(8-5-6-9-16)12-10(2)15-13(14-3)17-12;1-3-5-6-11(12(15)4-2)14-9-7-13-8-10-14;1-2;2-1-3/h5,7-9H,4,6H2,1-3H3,(H,14,15);3,5-6,13,15H,1,4,7-10H2,2H3;1-2H2;1H,(H3,2,3)/b8-5-,11-7+;6-5-,12-11-;;. The molecule has 0 spiro atoms. The van der Waals surface area contributed by atoms with Gasteiger partial charge in [0.15, 0.2) is 5.13 Å². The Bertz CT molecular complexity index is 896. The van der Waals surface area contributed by atoms with Gasteiger partial charge < -0.3 is 31.2 Å². The number of carbonyl (C=O) groups is 1. The van der Waals surface area contributed by atoms with Crippen LogP contribution in [-0.2, 0) is 4.79 Å². The number of aliphatic hydroxyl groups is 1. The highest BCUT2D eigenvalue weighted by Gasteiger charge is 2.14. The molecule has 8 nitrogen and oxygen atoms in total. The number of hydrogen-bond donors (Lipinski definition) is 5. The number of nitrogens with one attached hydrogen (secondary N) is 3. The fourth-order valence-corrected chi connectivity index (χ4v) is 4.05. The third-order valence-corrected chi connectivity index (χ3v) is 5.93. The SMILES string of the molecule is C=C.C=C/C=C\C(=C(\O)CC)N1CCNCC1.CC/C=C(\C=C/CC=O)c1sc(NC)nc1C.N=CN. The number of aldehydes is 1. The number of nitrogens with two attached hydrogens (primary N) is 1. The second kappa shape index (κ2) is 24.3. The molecule has 0 unspecified atom stereocenters. The smallest absolute Gasteiger partial charge is 0.183 e. The topological polar surface area (TPSA) is 127 Å². The van der Waals surface area contributed by atoms with Gasteiger partial charge in [0.05, 0.1) is 22.6 Å². The van der Waals surface area contributed by atoms with E-state index in [-0.39, 0.29) is 0 Å². The van der Waals surface area contributed by atoms with Crippen molar-refractivity contribution in [2.45, 2.75) is 40.0 Å². The highest BCUT2D eigenvalue weighted by atomic mass is 32.1. The quantitative estimate of drug-likeness (QED) is 0.0665. The Labute approximate surface area is 227 Å². The molecular formula is C28H46N6O2S. The van der Waals surface area contributed by atoms with Crippen molar-refractivity contribution >= 4 is 34.7 Å². The summed E-state index contributed by atoms with van der Waals surface area (Å²) < 4.78 is 0. The van der Waals surface area contributed by atoms with Crippen molar-refractivity contribution in [3.63, 3.8) is 0 Å². The Kier molecular flexibility index (Phi) is 23.4. The molecule has 0 aliphatic carbocycles. The van der Waals surface area contributed by atoms with Crippen LogP contribution in [-0.4, -0.2) is 60.8 Å². The Hall–Kier alpha value is -3.43. The van der Waals surface area contributed by atoms with Crippen LogP contribution in [0, 0.1) is 12.3 Å². The summed E-state index contributed by atoms with van der Waals surface area (Å²) in [6.45, 7) is 19.5. The molecule has 0 amide bonds. The highest BCUT2D eigenvalue weighted by Crippen LogP contribution is 2.30. The molecule has 0 atom stereocenters. The largest absolute Gasteiger partial charge is 0.510 e. The van der Waals surface area contributed by atoms with E-state index in [9.17, 15) is 9.90 Å². The van der Waals surface area contributed by atoms with Gasteiger partial charge in [-0.15, -0.1) is 13.2 Å². The minimum atomic E-state index is 0.454. The van der Waals surface area contributed by atoms with E-state index in [4.69, 9.17) is 5.41 Å². The summed E-state index contributed by atoms with van der Waals surface area (Å²) in [6.07, 6.45) is 15.3. The van der Waals surface area contributed by atoms with Crippen molar-refractivity contribution in [1.82, 2.24) is 15.2 Å². The van der Waals surface area contributed by atoms with Gasteiger partial charge in [0.25, 0.3) is 0 Å². The van der Waals surface area contributed by atoms with E-state index in [0.717, 1.165) is 67.3 Å². The molecule has 1 fully saturated rings. The van der Waals surface area contributed by atoms with E-state index in [0.29, 0.717) is 18.6 Å². The second-order valence-electron chi connectivity index (χ2n) is 7.24. The van der Waals surface area contributed by atoms with E-state index in [2.05, 4.69) is 59.0 Å². The first-order chi connectivity index (χ1) is 17.9. The maximum Gasteiger partial charge on any atom is 0.183 e. The average Bonchev–Trinajstić information content (AvgIpc) is 3.31. The molecular weight excluding hydrogens is 484 g/mol. The van der Waals surface area contributed by atoms with Crippen LogP contribution in [0.1, 0.15) is 43.7 Å². The maximum absolute atomic E-state index is 10.3. The number of piperazine rings is 1. The monoisotopic (exact) mass is 530 g/mol. The van der Waals surface area contributed by atoms with Crippen LogP contribution in [0.25, 0.3) is 5.57 Å². The molecule has 1 aliphatic heterocycles. The Morgan fingerprint density at radius 3 is 2.38 bits per heavy atom. The number of hydrogen-bond acceptors (Lipinski definition) is 8. The number of aryl methyl sites for hydroxylation is 1. The lowest BCUT2D eigenvalue weighted by Crippen LogP contribution is -2.42. The first-order valence-electron chi connectivity index (χ1n) is 12.3. The van der Waals surface area contributed by atoms with Crippen molar-refractivity contribution in [2.24, 2.45) is 5.73 Å². The van der Waals surface area contributed by atoms with Crippen LogP contribution < -0.4 is 16.4 Å². The fraction of sp³-hybridized carbons (Fsp3) is 0.393. The number of aromatic nitrogens is 1. The lowest BCUT2D eigenvalue weighted by molar-refractivity contribution is -0.107. The highest BCUT2D eigenvalue weighted by molar-refractivity contribution is 7.16. The van der Waals surface area contributed by atoms with E-state index in [1.54, 1.807) is 17.4 Å². The van der Waals surface area contributed by atoms with E-state index < -0.39 is 0 Å². The van der Waals surface area contributed by atoms with Gasteiger partial charge in [0.2, 0.25) is 0 Å². The predicted molar refractivity (Wildman–Crippen MR) is 162 cm³/mol. The third-order valence-electron chi connectivity index (χ3n) is 4.70. The zero-order valence-corrected chi connectivity index (χ0v) is 23.7. The van der Waals surface area contributed by atoms with Gasteiger partial charge in [0, 0.05) is 46.1 Å². The number of anilines is 1. The molecule has 9 heteroatoms. The number of rotatable bonds is 10. The number of carbonyl (C=O) groups excluding carboxylic acids is 1. The number of thiazole rings is 1. The Morgan fingerprint density at radius 1 is 1.30 bits per heavy atom. The summed E-state index contributed by atoms with van der Waals surface area (Å²) in [5, 5.41) is 23.0. The average molecular weight is 531 g/mol. The molecule has 0 bridgehead atoms.